The average Bonchev–Trinajstić information content (AvgIpc) is 3.29. The van der Waals surface area contributed by atoms with Gasteiger partial charge >= 0.3 is 12.1 Å². The van der Waals surface area contributed by atoms with Gasteiger partial charge in [0.1, 0.15) is 22.2 Å². The molecule has 3 aromatic heterocycles. The Kier molecular flexibility index (Phi) is 7.06. The first kappa shape index (κ1) is 27.0. The fraction of sp³-hybridized carbons (Fsp3) is 0.462. The molecule has 11 heteroatoms. The summed E-state index contributed by atoms with van der Waals surface area (Å²) < 4.78 is 39.2. The van der Waals surface area contributed by atoms with Gasteiger partial charge in [-0.3, -0.25) is 4.79 Å². The van der Waals surface area contributed by atoms with E-state index >= 15 is 0 Å². The number of rotatable bonds is 6. The number of carbonyl (C=O) groups is 1. The molecule has 37 heavy (non-hydrogen) atoms. The van der Waals surface area contributed by atoms with Crippen LogP contribution in [0.2, 0.25) is 0 Å². The van der Waals surface area contributed by atoms with Crippen LogP contribution in [0.15, 0.2) is 36.7 Å². The van der Waals surface area contributed by atoms with Gasteiger partial charge in [-0.05, 0) is 74.3 Å². The van der Waals surface area contributed by atoms with Crippen LogP contribution in [0.5, 0.6) is 0 Å². The van der Waals surface area contributed by atoms with Crippen LogP contribution in [0.1, 0.15) is 56.2 Å². The summed E-state index contributed by atoms with van der Waals surface area (Å²) in [7, 11) is 0. The summed E-state index contributed by atoms with van der Waals surface area (Å²) in [5.41, 5.74) is -1.14. The highest BCUT2D eigenvalue weighted by molar-refractivity contribution is 7.15. The Morgan fingerprint density at radius 1 is 1.16 bits per heavy atom. The summed E-state index contributed by atoms with van der Waals surface area (Å²) in [4.78, 5) is 25.3. The Morgan fingerprint density at radius 2 is 1.89 bits per heavy atom. The second-order valence-electron chi connectivity index (χ2n) is 10.5. The topological polar surface area (TPSA) is 108 Å². The molecule has 1 aliphatic carbocycles. The number of nitrogens with one attached hydrogen (secondary N) is 1. The van der Waals surface area contributed by atoms with E-state index < -0.39 is 34.6 Å². The largest absolute Gasteiger partial charge is 0.481 e. The van der Waals surface area contributed by atoms with Crippen molar-refractivity contribution in [3.8, 4) is 10.6 Å². The van der Waals surface area contributed by atoms with E-state index in [9.17, 15) is 28.2 Å². The Morgan fingerprint density at radius 3 is 2.54 bits per heavy atom. The molecule has 3 atom stereocenters. The van der Waals surface area contributed by atoms with Crippen LogP contribution in [-0.2, 0) is 16.6 Å². The van der Waals surface area contributed by atoms with Gasteiger partial charge in [0.2, 0.25) is 0 Å². The lowest BCUT2D eigenvalue weighted by Crippen LogP contribution is -2.43. The molecule has 3 heterocycles. The van der Waals surface area contributed by atoms with Crippen LogP contribution in [0.4, 0.5) is 24.8 Å². The van der Waals surface area contributed by atoms with Gasteiger partial charge in [0.25, 0.3) is 0 Å². The minimum atomic E-state index is -4.48. The van der Waals surface area contributed by atoms with Crippen molar-refractivity contribution in [1.29, 1.82) is 0 Å². The van der Waals surface area contributed by atoms with Crippen molar-refractivity contribution < 1.29 is 28.2 Å². The maximum atomic E-state index is 13.1. The van der Waals surface area contributed by atoms with Gasteiger partial charge in [-0.15, -0.1) is 11.3 Å². The lowest BCUT2D eigenvalue weighted by molar-refractivity contribution is -0.151. The van der Waals surface area contributed by atoms with Gasteiger partial charge in [-0.2, -0.15) is 13.2 Å². The first-order valence-corrected chi connectivity index (χ1v) is 12.7. The fourth-order valence-electron chi connectivity index (χ4n) is 5.04. The average molecular weight is 535 g/mol. The first-order valence-electron chi connectivity index (χ1n) is 11.9. The SMILES string of the molecule is Cc1cc(Nc2cc(C(F)(F)F)ccn2)nc(-c2cnc(C(C)(O)[C@H]3CC[C@H](C(=O)O)C(C)(C)C3)s2)c1. The first-order chi connectivity index (χ1) is 17.2. The number of anilines is 2. The number of hydrogen-bond acceptors (Lipinski definition) is 7. The minimum absolute atomic E-state index is 0.0198. The van der Waals surface area contributed by atoms with Gasteiger partial charge in [-0.25, -0.2) is 15.0 Å². The zero-order valence-electron chi connectivity index (χ0n) is 20.9. The number of alkyl halides is 3. The number of aryl methyl sites for hydroxylation is 1. The second kappa shape index (κ2) is 9.68. The van der Waals surface area contributed by atoms with Crippen molar-refractivity contribution >= 4 is 28.9 Å². The highest BCUT2D eigenvalue weighted by atomic mass is 32.1. The van der Waals surface area contributed by atoms with E-state index in [-0.39, 0.29) is 11.7 Å². The predicted molar refractivity (Wildman–Crippen MR) is 134 cm³/mol. The number of halogens is 3. The van der Waals surface area contributed by atoms with Crippen molar-refractivity contribution in [2.45, 2.75) is 58.7 Å². The van der Waals surface area contributed by atoms with Gasteiger partial charge in [0.05, 0.1) is 22.1 Å². The van der Waals surface area contributed by atoms with Crippen molar-refractivity contribution in [1.82, 2.24) is 15.0 Å². The van der Waals surface area contributed by atoms with Crippen molar-refractivity contribution in [3.63, 3.8) is 0 Å². The van der Waals surface area contributed by atoms with Gasteiger partial charge < -0.3 is 15.5 Å². The maximum Gasteiger partial charge on any atom is 0.416 e. The molecule has 0 spiro atoms. The van der Waals surface area contributed by atoms with Crippen molar-refractivity contribution in [2.75, 3.05) is 5.32 Å². The predicted octanol–water partition coefficient (Wildman–Crippen LogP) is 6.41. The molecule has 3 aromatic rings. The van der Waals surface area contributed by atoms with E-state index in [0.29, 0.717) is 40.7 Å². The summed E-state index contributed by atoms with van der Waals surface area (Å²) in [6, 6.07) is 5.36. The number of aromatic nitrogens is 3. The molecule has 4 rings (SSSR count). The molecule has 1 fully saturated rings. The summed E-state index contributed by atoms with van der Waals surface area (Å²) in [5.74, 6) is -1.08. The molecular formula is C26H29F3N4O3S. The second-order valence-corrected chi connectivity index (χ2v) is 11.5. The molecule has 1 unspecified atom stereocenters. The summed E-state index contributed by atoms with van der Waals surface area (Å²) >= 11 is 1.29. The fourth-order valence-corrected chi connectivity index (χ4v) is 6.04. The monoisotopic (exact) mass is 534 g/mol. The number of aliphatic hydroxyl groups is 1. The zero-order valence-corrected chi connectivity index (χ0v) is 21.7. The lowest BCUT2D eigenvalue weighted by Gasteiger charge is -2.44. The lowest BCUT2D eigenvalue weighted by atomic mass is 9.62. The summed E-state index contributed by atoms with van der Waals surface area (Å²) in [6.07, 6.45) is -0.168. The molecule has 1 saturated carbocycles. The summed E-state index contributed by atoms with van der Waals surface area (Å²) in [5, 5.41) is 24.4. The van der Waals surface area contributed by atoms with E-state index in [4.69, 9.17) is 0 Å². The smallest absolute Gasteiger partial charge is 0.416 e. The van der Waals surface area contributed by atoms with E-state index in [1.807, 2.05) is 26.8 Å². The third-order valence-corrected chi connectivity index (χ3v) is 8.36. The third kappa shape index (κ3) is 5.77. The normalized spacial score (nSPS) is 21.3. The number of pyridine rings is 2. The van der Waals surface area contributed by atoms with Crippen LogP contribution < -0.4 is 5.32 Å². The van der Waals surface area contributed by atoms with E-state index in [0.717, 1.165) is 23.9 Å². The Hall–Kier alpha value is -3.05. The number of carboxylic acids is 1. The molecule has 198 valence electrons. The highest BCUT2D eigenvalue weighted by Gasteiger charge is 2.47. The number of nitrogens with zero attached hydrogens (tertiary/aromatic N) is 3. The summed E-state index contributed by atoms with van der Waals surface area (Å²) in [6.45, 7) is 7.40. The van der Waals surface area contributed by atoms with Crippen molar-refractivity contribution in [2.24, 2.45) is 17.3 Å². The Balaban J connectivity index is 1.57. The number of carboxylic acid groups (broad SMARTS) is 1. The molecule has 0 aliphatic heterocycles. The van der Waals surface area contributed by atoms with Crippen molar-refractivity contribution in [3.05, 3.63) is 52.8 Å². The van der Waals surface area contributed by atoms with Crippen LogP contribution in [0.25, 0.3) is 10.6 Å². The van der Waals surface area contributed by atoms with Crippen LogP contribution in [0, 0.1) is 24.2 Å². The zero-order chi connectivity index (χ0) is 27.2. The van der Waals surface area contributed by atoms with Crippen LogP contribution >= 0.6 is 11.3 Å². The third-order valence-electron chi connectivity index (χ3n) is 7.12. The number of thiazole rings is 1. The molecule has 0 saturated heterocycles. The van der Waals surface area contributed by atoms with E-state index in [1.165, 1.54) is 11.3 Å². The quantitative estimate of drug-likeness (QED) is 0.336. The Bertz CT molecular complexity index is 1310. The minimum Gasteiger partial charge on any atom is -0.481 e. The van der Waals surface area contributed by atoms with Gasteiger partial charge in [0.15, 0.2) is 0 Å². The van der Waals surface area contributed by atoms with Gasteiger partial charge in [-0.1, -0.05) is 13.8 Å². The highest BCUT2D eigenvalue weighted by Crippen LogP contribution is 2.50. The van der Waals surface area contributed by atoms with E-state index in [1.54, 1.807) is 19.2 Å². The molecule has 1 aliphatic rings. The van der Waals surface area contributed by atoms with Crippen LogP contribution in [-0.4, -0.2) is 31.1 Å². The van der Waals surface area contributed by atoms with E-state index in [2.05, 4.69) is 20.3 Å². The Labute approximate surface area is 216 Å². The maximum absolute atomic E-state index is 13.1. The van der Waals surface area contributed by atoms with Gasteiger partial charge in [0, 0.05) is 12.4 Å². The van der Waals surface area contributed by atoms with Crippen LogP contribution in [0.3, 0.4) is 0 Å². The molecule has 3 N–H and O–H groups in total. The molecule has 0 radical (unpaired) electrons. The molecule has 0 amide bonds. The molecule has 0 bridgehead atoms. The standard InChI is InChI=1S/C26H29F3N4O3S/c1-14-9-18(32-21(10-14)33-20-11-15(7-8-30-20)26(27,28)29)19-13-31-23(37-19)25(4,36)16-5-6-17(22(34)35)24(2,3)12-16/h7-11,13,16-17,36H,5-6,12H2,1-4H3,(H,34,35)(H,30,32,33)/t16-,17+,25?/m0/s1. The number of aliphatic carboxylic acids is 1. The molecule has 0 aromatic carbocycles. The molecular weight excluding hydrogens is 505 g/mol. The number of hydrogen-bond donors (Lipinski definition) is 3. The molecule has 7 nitrogen and oxygen atoms in total.